The summed E-state index contributed by atoms with van der Waals surface area (Å²) in [6.07, 6.45) is 1.68. The summed E-state index contributed by atoms with van der Waals surface area (Å²) in [5, 5.41) is 3.03. The fourth-order valence-corrected chi connectivity index (χ4v) is 4.72. The number of sulfonamides is 1. The van der Waals surface area contributed by atoms with Gasteiger partial charge in [0, 0.05) is 12.1 Å². The van der Waals surface area contributed by atoms with E-state index >= 15 is 0 Å². The van der Waals surface area contributed by atoms with Crippen molar-refractivity contribution in [3.05, 3.63) is 89.5 Å². The van der Waals surface area contributed by atoms with Crippen LogP contribution >= 0.6 is 0 Å². The minimum Gasteiger partial charge on any atom is -0.454 e. The summed E-state index contributed by atoms with van der Waals surface area (Å²) in [7, 11) is -3.82. The molecule has 8 heteroatoms. The molecule has 0 saturated heterocycles. The van der Waals surface area contributed by atoms with Crippen molar-refractivity contribution in [1.29, 1.82) is 0 Å². The molecule has 7 nitrogen and oxygen atoms in total. The van der Waals surface area contributed by atoms with Gasteiger partial charge in [0.05, 0.1) is 10.9 Å². The Kier molecular flexibility index (Phi) is 6.96. The highest BCUT2D eigenvalue weighted by Gasteiger charge is 2.20. The average molecular weight is 467 g/mol. The van der Waals surface area contributed by atoms with Crippen molar-refractivity contribution in [3.63, 3.8) is 0 Å². The second-order valence-electron chi connectivity index (χ2n) is 7.77. The first-order valence-electron chi connectivity index (χ1n) is 10.8. The van der Waals surface area contributed by atoms with Crippen molar-refractivity contribution >= 4 is 15.9 Å². The van der Waals surface area contributed by atoms with Gasteiger partial charge in [-0.3, -0.25) is 4.79 Å². The van der Waals surface area contributed by atoms with E-state index in [4.69, 9.17) is 9.47 Å². The molecule has 3 aromatic carbocycles. The number of hydrogen-bond donors (Lipinski definition) is 2. The molecule has 2 N–H and O–H groups in total. The summed E-state index contributed by atoms with van der Waals surface area (Å²) in [5.41, 5.74) is 2.04. The smallest absolute Gasteiger partial charge is 0.251 e. The highest BCUT2D eigenvalue weighted by molar-refractivity contribution is 7.89. The molecule has 1 atom stereocenters. The number of amides is 1. The van der Waals surface area contributed by atoms with E-state index in [9.17, 15) is 13.2 Å². The molecule has 1 amide bonds. The molecular formula is C25H26N2O5S. The third-order valence-electron chi connectivity index (χ3n) is 5.39. The number of carbonyl (C=O) groups is 1. The quantitative estimate of drug-likeness (QED) is 0.494. The van der Waals surface area contributed by atoms with E-state index in [0.29, 0.717) is 11.5 Å². The van der Waals surface area contributed by atoms with Gasteiger partial charge >= 0.3 is 0 Å². The molecule has 0 aliphatic carbocycles. The number of fused-ring (bicyclic) bond motifs is 1. The highest BCUT2D eigenvalue weighted by Crippen LogP contribution is 2.32. The second-order valence-corrected chi connectivity index (χ2v) is 9.53. The molecule has 4 rings (SSSR count). The molecule has 1 unspecified atom stereocenters. The molecule has 3 aromatic rings. The van der Waals surface area contributed by atoms with E-state index in [0.717, 1.165) is 24.0 Å². The van der Waals surface area contributed by atoms with Gasteiger partial charge in [0.1, 0.15) is 0 Å². The van der Waals surface area contributed by atoms with Crippen molar-refractivity contribution in [2.24, 2.45) is 0 Å². The Morgan fingerprint density at radius 2 is 1.76 bits per heavy atom. The molecule has 0 radical (unpaired) electrons. The molecule has 1 heterocycles. The van der Waals surface area contributed by atoms with E-state index in [-0.39, 0.29) is 35.7 Å². The van der Waals surface area contributed by atoms with Crippen LogP contribution < -0.4 is 19.5 Å². The van der Waals surface area contributed by atoms with Crippen molar-refractivity contribution in [3.8, 4) is 11.5 Å². The van der Waals surface area contributed by atoms with Crippen LogP contribution in [0, 0.1) is 0 Å². The first-order valence-corrected chi connectivity index (χ1v) is 12.3. The Hall–Kier alpha value is -3.36. The second kappa shape index (κ2) is 10.1. The topological polar surface area (TPSA) is 93.7 Å². The van der Waals surface area contributed by atoms with Gasteiger partial charge in [-0.15, -0.1) is 0 Å². The van der Waals surface area contributed by atoms with Crippen LogP contribution in [0.15, 0.2) is 77.7 Å². The predicted octanol–water partition coefficient (Wildman–Crippen LogP) is 4.17. The summed E-state index contributed by atoms with van der Waals surface area (Å²) in [6, 6.07) is 20.9. The van der Waals surface area contributed by atoms with Crippen molar-refractivity contribution < 1.29 is 22.7 Å². The summed E-state index contributed by atoms with van der Waals surface area (Å²) in [5.74, 6) is 0.910. The van der Waals surface area contributed by atoms with Crippen LogP contribution in [0.4, 0.5) is 0 Å². The maximum absolute atomic E-state index is 12.9. The minimum absolute atomic E-state index is 0.0302. The Morgan fingerprint density at radius 3 is 2.55 bits per heavy atom. The van der Waals surface area contributed by atoms with Crippen LogP contribution in [0.2, 0.25) is 0 Å². The van der Waals surface area contributed by atoms with E-state index in [1.807, 2.05) is 30.3 Å². The van der Waals surface area contributed by atoms with Gasteiger partial charge in [0.15, 0.2) is 11.5 Å². The summed E-state index contributed by atoms with van der Waals surface area (Å²) < 4.78 is 38.9. The van der Waals surface area contributed by atoms with Gasteiger partial charge in [0.25, 0.3) is 5.91 Å². The zero-order chi connectivity index (χ0) is 23.3. The van der Waals surface area contributed by atoms with Crippen LogP contribution in [0.3, 0.4) is 0 Å². The van der Waals surface area contributed by atoms with E-state index in [2.05, 4.69) is 17.0 Å². The van der Waals surface area contributed by atoms with Gasteiger partial charge in [0.2, 0.25) is 16.8 Å². The third-order valence-corrected chi connectivity index (χ3v) is 6.79. The summed E-state index contributed by atoms with van der Waals surface area (Å²) in [4.78, 5) is 12.9. The molecule has 172 valence electrons. The molecule has 0 spiro atoms. The van der Waals surface area contributed by atoms with Crippen LogP contribution in [-0.2, 0) is 16.6 Å². The Bertz CT molecular complexity index is 1230. The van der Waals surface area contributed by atoms with E-state index < -0.39 is 10.0 Å². The van der Waals surface area contributed by atoms with Crippen LogP contribution in [-0.4, -0.2) is 21.1 Å². The monoisotopic (exact) mass is 466 g/mol. The molecule has 0 fully saturated rings. The maximum Gasteiger partial charge on any atom is 0.251 e. The van der Waals surface area contributed by atoms with Crippen molar-refractivity contribution in [2.45, 2.75) is 37.2 Å². The zero-order valence-electron chi connectivity index (χ0n) is 18.3. The van der Waals surface area contributed by atoms with Crippen LogP contribution in [0.5, 0.6) is 11.5 Å². The SMILES string of the molecule is CCCC(NC(=O)c1cccc(S(=O)(=O)NCc2ccc3c(c2)OCO3)c1)c1ccccc1. The van der Waals surface area contributed by atoms with Gasteiger partial charge in [-0.1, -0.05) is 55.8 Å². The fourth-order valence-electron chi connectivity index (χ4n) is 3.65. The molecule has 0 saturated carbocycles. The molecule has 1 aliphatic heterocycles. The molecule has 33 heavy (non-hydrogen) atoms. The lowest BCUT2D eigenvalue weighted by atomic mass is 10.0. The number of nitrogens with one attached hydrogen (secondary N) is 2. The third kappa shape index (κ3) is 5.53. The number of rotatable bonds is 9. The van der Waals surface area contributed by atoms with Gasteiger partial charge in [-0.2, -0.15) is 0 Å². The van der Waals surface area contributed by atoms with Crippen LogP contribution in [0.1, 0.15) is 47.3 Å². The van der Waals surface area contributed by atoms with Gasteiger partial charge in [-0.25, -0.2) is 13.1 Å². The largest absolute Gasteiger partial charge is 0.454 e. The number of carbonyl (C=O) groups excluding carboxylic acids is 1. The standard InChI is InChI=1S/C25H26N2O5S/c1-2-7-22(19-8-4-3-5-9-19)27-25(28)20-10-6-11-21(15-20)33(29,30)26-16-18-12-13-23-24(14-18)32-17-31-23/h3-6,8-15,22,26H,2,7,16-17H2,1H3,(H,27,28). The minimum atomic E-state index is -3.82. The maximum atomic E-state index is 12.9. The lowest BCUT2D eigenvalue weighted by molar-refractivity contribution is 0.0934. The molecule has 1 aliphatic rings. The fraction of sp³-hybridized carbons (Fsp3) is 0.240. The number of hydrogen-bond acceptors (Lipinski definition) is 5. The summed E-state index contributed by atoms with van der Waals surface area (Å²) in [6.45, 7) is 2.30. The predicted molar refractivity (Wildman–Crippen MR) is 125 cm³/mol. The van der Waals surface area contributed by atoms with E-state index in [1.165, 1.54) is 12.1 Å². The Morgan fingerprint density at radius 1 is 0.970 bits per heavy atom. The summed E-state index contributed by atoms with van der Waals surface area (Å²) >= 11 is 0. The zero-order valence-corrected chi connectivity index (χ0v) is 19.1. The van der Waals surface area contributed by atoms with Crippen molar-refractivity contribution in [2.75, 3.05) is 6.79 Å². The van der Waals surface area contributed by atoms with Gasteiger partial charge in [-0.05, 0) is 47.9 Å². The first-order chi connectivity index (χ1) is 16.0. The Labute approximate surface area is 193 Å². The van der Waals surface area contributed by atoms with E-state index in [1.54, 1.807) is 30.3 Å². The van der Waals surface area contributed by atoms with Gasteiger partial charge < -0.3 is 14.8 Å². The lowest BCUT2D eigenvalue weighted by Crippen LogP contribution is -2.29. The number of benzene rings is 3. The number of ether oxygens (including phenoxy) is 2. The van der Waals surface area contributed by atoms with Crippen molar-refractivity contribution in [1.82, 2.24) is 10.0 Å². The normalized spacial score (nSPS) is 13.5. The molecular weight excluding hydrogens is 440 g/mol. The van der Waals surface area contributed by atoms with Crippen LogP contribution in [0.25, 0.3) is 0 Å². The Balaban J connectivity index is 1.46. The average Bonchev–Trinajstić information content (AvgIpc) is 3.31. The molecule has 0 aromatic heterocycles. The highest BCUT2D eigenvalue weighted by atomic mass is 32.2. The molecule has 0 bridgehead atoms. The lowest BCUT2D eigenvalue weighted by Gasteiger charge is -2.19. The first kappa shape index (κ1) is 22.8.